The number of aryl methyl sites for hydroxylation is 1. The van der Waals surface area contributed by atoms with Gasteiger partial charge < -0.3 is 5.32 Å². The molecule has 0 bridgehead atoms. The average molecular weight is 275 g/mol. The second-order valence-electron chi connectivity index (χ2n) is 4.50. The lowest BCUT2D eigenvalue weighted by atomic mass is 10.1. The molecule has 0 radical (unpaired) electrons. The second kappa shape index (κ2) is 5.64. The van der Waals surface area contributed by atoms with Gasteiger partial charge in [0.2, 0.25) is 5.82 Å². The van der Waals surface area contributed by atoms with Crippen LogP contribution >= 0.6 is 0 Å². The second-order valence-corrected chi connectivity index (χ2v) is 4.50. The van der Waals surface area contributed by atoms with Gasteiger partial charge in [-0.25, -0.2) is 9.37 Å². The van der Waals surface area contributed by atoms with Gasteiger partial charge in [-0.2, -0.15) is 0 Å². The van der Waals surface area contributed by atoms with E-state index >= 15 is 0 Å². The number of pyridine rings is 1. The Hall–Kier alpha value is -2.50. The summed E-state index contributed by atoms with van der Waals surface area (Å²) >= 11 is 0. The van der Waals surface area contributed by atoms with Crippen molar-refractivity contribution in [1.82, 2.24) is 4.98 Å². The molecule has 1 heterocycles. The van der Waals surface area contributed by atoms with Crippen molar-refractivity contribution in [3.05, 3.63) is 63.6 Å². The summed E-state index contributed by atoms with van der Waals surface area (Å²) in [6, 6.07) is 8.78. The van der Waals surface area contributed by atoms with E-state index < -0.39 is 4.92 Å². The van der Waals surface area contributed by atoms with Gasteiger partial charge in [0.05, 0.1) is 11.0 Å². The van der Waals surface area contributed by atoms with Crippen LogP contribution in [0.4, 0.5) is 15.9 Å². The zero-order valence-electron chi connectivity index (χ0n) is 11.1. The zero-order chi connectivity index (χ0) is 14.7. The molecular formula is C14H14FN3O2. The summed E-state index contributed by atoms with van der Waals surface area (Å²) in [5, 5.41) is 13.9. The Morgan fingerprint density at radius 1 is 1.35 bits per heavy atom. The van der Waals surface area contributed by atoms with E-state index in [-0.39, 0.29) is 23.4 Å². The van der Waals surface area contributed by atoms with Crippen LogP contribution in [-0.2, 0) is 0 Å². The minimum absolute atomic E-state index is 0.0983. The largest absolute Gasteiger partial charge is 0.358 e. The number of hydrogen-bond acceptors (Lipinski definition) is 4. The fourth-order valence-corrected chi connectivity index (χ4v) is 1.87. The molecule has 0 saturated heterocycles. The number of rotatable bonds is 4. The number of nitrogens with one attached hydrogen (secondary N) is 1. The molecule has 1 N–H and O–H groups in total. The Bertz CT molecular complexity index is 646. The maximum Gasteiger partial charge on any atom is 0.311 e. The molecule has 0 aliphatic heterocycles. The lowest BCUT2D eigenvalue weighted by Gasteiger charge is -2.15. The minimum Gasteiger partial charge on any atom is -0.358 e. The molecule has 0 fully saturated rings. The molecule has 0 aliphatic rings. The molecule has 5 nitrogen and oxygen atoms in total. The molecule has 0 amide bonds. The first kappa shape index (κ1) is 13.9. The topological polar surface area (TPSA) is 68.1 Å². The van der Waals surface area contributed by atoms with Crippen molar-refractivity contribution >= 4 is 11.5 Å². The predicted octanol–water partition coefficient (Wildman–Crippen LogP) is 3.61. The molecule has 20 heavy (non-hydrogen) atoms. The Morgan fingerprint density at radius 3 is 2.75 bits per heavy atom. The normalized spacial score (nSPS) is 11.9. The molecule has 104 valence electrons. The third kappa shape index (κ3) is 3.09. The summed E-state index contributed by atoms with van der Waals surface area (Å²) in [6.45, 7) is 3.55. The first-order valence-corrected chi connectivity index (χ1v) is 6.11. The van der Waals surface area contributed by atoms with E-state index in [9.17, 15) is 14.5 Å². The van der Waals surface area contributed by atoms with Gasteiger partial charge in [0.1, 0.15) is 5.82 Å². The molecule has 0 aliphatic carbocycles. The molecule has 6 heteroatoms. The van der Waals surface area contributed by atoms with Crippen molar-refractivity contribution in [1.29, 1.82) is 0 Å². The van der Waals surface area contributed by atoms with Crippen molar-refractivity contribution < 1.29 is 9.31 Å². The molecule has 1 aromatic carbocycles. The van der Waals surface area contributed by atoms with Gasteiger partial charge in [-0.15, -0.1) is 0 Å². The van der Waals surface area contributed by atoms with Crippen molar-refractivity contribution in [2.24, 2.45) is 0 Å². The van der Waals surface area contributed by atoms with E-state index in [1.807, 2.05) is 0 Å². The summed E-state index contributed by atoms with van der Waals surface area (Å²) in [7, 11) is 0. The van der Waals surface area contributed by atoms with Gasteiger partial charge >= 0.3 is 5.69 Å². The summed E-state index contributed by atoms with van der Waals surface area (Å²) in [4.78, 5) is 14.6. The van der Waals surface area contributed by atoms with E-state index in [1.165, 1.54) is 18.2 Å². The summed E-state index contributed by atoms with van der Waals surface area (Å²) in [5.41, 5.74) is 1.27. The molecule has 0 spiro atoms. The van der Waals surface area contributed by atoms with E-state index in [0.29, 0.717) is 11.3 Å². The lowest BCUT2D eigenvalue weighted by Crippen LogP contribution is -2.10. The number of halogens is 1. The van der Waals surface area contributed by atoms with E-state index in [1.54, 1.807) is 32.0 Å². The molecule has 2 rings (SSSR count). The monoisotopic (exact) mass is 275 g/mol. The van der Waals surface area contributed by atoms with Crippen LogP contribution in [0.15, 0.2) is 36.4 Å². The Balaban J connectivity index is 2.29. The van der Waals surface area contributed by atoms with E-state index in [4.69, 9.17) is 0 Å². The van der Waals surface area contributed by atoms with Crippen molar-refractivity contribution in [3.8, 4) is 0 Å². The highest BCUT2D eigenvalue weighted by Gasteiger charge is 2.17. The van der Waals surface area contributed by atoms with E-state index in [0.717, 1.165) is 0 Å². The summed E-state index contributed by atoms with van der Waals surface area (Å²) in [5.74, 6) is -0.158. The Morgan fingerprint density at radius 2 is 2.10 bits per heavy atom. The van der Waals surface area contributed by atoms with Gasteiger partial charge in [-0.3, -0.25) is 10.1 Å². The van der Waals surface area contributed by atoms with Gasteiger partial charge in [-0.05, 0) is 37.6 Å². The van der Waals surface area contributed by atoms with E-state index in [2.05, 4.69) is 10.3 Å². The van der Waals surface area contributed by atoms with Crippen LogP contribution in [-0.4, -0.2) is 9.91 Å². The number of aromatic nitrogens is 1. The molecule has 1 aromatic heterocycles. The van der Waals surface area contributed by atoms with Crippen molar-refractivity contribution in [3.63, 3.8) is 0 Å². The van der Waals surface area contributed by atoms with Crippen molar-refractivity contribution in [2.45, 2.75) is 19.9 Å². The SMILES string of the molecule is Cc1ccc([N+](=O)[O-])c(NC(C)c2cccc(F)c2)n1. The quantitative estimate of drug-likeness (QED) is 0.683. The maximum atomic E-state index is 13.2. The first-order valence-electron chi connectivity index (χ1n) is 6.11. The van der Waals surface area contributed by atoms with Crippen LogP contribution in [0.5, 0.6) is 0 Å². The van der Waals surface area contributed by atoms with Gasteiger partial charge in [0, 0.05) is 11.8 Å². The van der Waals surface area contributed by atoms with Crippen LogP contribution in [0.3, 0.4) is 0 Å². The third-order valence-corrected chi connectivity index (χ3v) is 2.91. The molecule has 0 saturated carbocycles. The number of hydrogen-bond donors (Lipinski definition) is 1. The minimum atomic E-state index is -0.493. The highest BCUT2D eigenvalue weighted by molar-refractivity contribution is 5.57. The number of anilines is 1. The van der Waals surface area contributed by atoms with Crippen LogP contribution < -0.4 is 5.32 Å². The fourth-order valence-electron chi connectivity index (χ4n) is 1.87. The molecule has 1 unspecified atom stereocenters. The Labute approximate surface area is 115 Å². The highest BCUT2D eigenvalue weighted by atomic mass is 19.1. The van der Waals surface area contributed by atoms with Crippen LogP contribution in [0.1, 0.15) is 24.2 Å². The van der Waals surface area contributed by atoms with Crippen LogP contribution in [0, 0.1) is 22.9 Å². The highest BCUT2D eigenvalue weighted by Crippen LogP contribution is 2.26. The summed E-state index contributed by atoms with van der Waals surface area (Å²) in [6.07, 6.45) is 0. The van der Waals surface area contributed by atoms with Gasteiger partial charge in [-0.1, -0.05) is 12.1 Å². The number of nitrogens with zero attached hydrogens (tertiary/aromatic N) is 2. The molecular weight excluding hydrogens is 261 g/mol. The molecule has 2 aromatic rings. The summed E-state index contributed by atoms with van der Waals surface area (Å²) < 4.78 is 13.2. The smallest absolute Gasteiger partial charge is 0.311 e. The lowest BCUT2D eigenvalue weighted by molar-refractivity contribution is -0.384. The third-order valence-electron chi connectivity index (χ3n) is 2.91. The zero-order valence-corrected chi connectivity index (χ0v) is 11.1. The van der Waals surface area contributed by atoms with Gasteiger partial charge in [0.25, 0.3) is 0 Å². The van der Waals surface area contributed by atoms with Crippen LogP contribution in [0.2, 0.25) is 0 Å². The predicted molar refractivity (Wildman–Crippen MR) is 74.1 cm³/mol. The van der Waals surface area contributed by atoms with Gasteiger partial charge in [0.15, 0.2) is 0 Å². The standard InChI is InChI=1S/C14H14FN3O2/c1-9-6-7-13(18(19)20)14(16-9)17-10(2)11-4-3-5-12(15)8-11/h3-8,10H,1-2H3,(H,16,17). The maximum absolute atomic E-state index is 13.2. The Kier molecular flexibility index (Phi) is 3.93. The fraction of sp³-hybridized carbons (Fsp3) is 0.214. The van der Waals surface area contributed by atoms with Crippen molar-refractivity contribution in [2.75, 3.05) is 5.32 Å². The van der Waals surface area contributed by atoms with Crippen LogP contribution in [0.25, 0.3) is 0 Å². The number of benzene rings is 1. The molecule has 1 atom stereocenters. The first-order chi connectivity index (χ1) is 9.47. The number of nitro groups is 1. The average Bonchev–Trinajstić information content (AvgIpc) is 2.38.